The van der Waals surface area contributed by atoms with Crippen molar-refractivity contribution in [3.8, 4) is 0 Å². The number of nitrogens with one attached hydrogen (secondary N) is 2. The number of unbranched alkanes of at least 4 members (excludes halogenated alkanes) is 12. The molecule has 1 rings (SSSR count). The minimum absolute atomic E-state index is 0.0426. The van der Waals surface area contributed by atoms with Gasteiger partial charge in [0.2, 0.25) is 5.91 Å². The molecule has 0 atom stereocenters. The summed E-state index contributed by atoms with van der Waals surface area (Å²) in [7, 11) is 0. The average Bonchev–Trinajstić information content (AvgIpc) is 2.83. The second kappa shape index (κ2) is 21.2. The van der Waals surface area contributed by atoms with E-state index in [9.17, 15) is 9.59 Å². The van der Waals surface area contributed by atoms with E-state index in [1.807, 2.05) is 24.5 Å². The van der Waals surface area contributed by atoms with Gasteiger partial charge < -0.3 is 10.6 Å². The van der Waals surface area contributed by atoms with E-state index in [1.165, 1.54) is 70.6 Å². The van der Waals surface area contributed by atoms with E-state index in [1.54, 1.807) is 23.5 Å². The van der Waals surface area contributed by atoms with Gasteiger partial charge in [0.15, 0.2) is 0 Å². The minimum Gasteiger partial charge on any atom is -0.351 e. The summed E-state index contributed by atoms with van der Waals surface area (Å²) in [5.41, 5.74) is 1.35. The standard InChI is InChI=1S/C28H48N2O2S2/c1-4-6-7-8-9-10-11-12-13-14-15-16-17-18-27(31)30-25-23-24(19-20-26(25)34-5-2)28(32)29-21-22-33-3/h19-20,23H,4-18,21-22H2,1-3H3,(H,29,32)(H,30,31). The smallest absolute Gasteiger partial charge is 0.251 e. The molecule has 0 heterocycles. The van der Waals surface area contributed by atoms with Crippen molar-refractivity contribution in [1.29, 1.82) is 0 Å². The molecule has 34 heavy (non-hydrogen) atoms. The third-order valence-electron chi connectivity index (χ3n) is 5.91. The minimum atomic E-state index is -0.0888. The number of hydrogen-bond acceptors (Lipinski definition) is 4. The summed E-state index contributed by atoms with van der Waals surface area (Å²) in [4.78, 5) is 25.9. The molecule has 0 aliphatic heterocycles. The zero-order valence-electron chi connectivity index (χ0n) is 21.9. The van der Waals surface area contributed by atoms with Gasteiger partial charge in [0.05, 0.1) is 5.69 Å². The van der Waals surface area contributed by atoms with Crippen LogP contribution in [0.2, 0.25) is 0 Å². The molecule has 2 N–H and O–H groups in total. The Morgan fingerprint density at radius 2 is 1.41 bits per heavy atom. The van der Waals surface area contributed by atoms with Crippen LogP contribution in [0, 0.1) is 0 Å². The molecule has 2 amide bonds. The maximum atomic E-state index is 12.5. The Labute approximate surface area is 217 Å². The molecule has 0 saturated carbocycles. The molecule has 0 spiro atoms. The first-order valence-electron chi connectivity index (χ1n) is 13.5. The monoisotopic (exact) mass is 508 g/mol. The molecule has 0 fully saturated rings. The Kier molecular flexibility index (Phi) is 19.2. The number of carbonyl (C=O) groups is 2. The molecule has 6 heteroatoms. The fraction of sp³-hybridized carbons (Fsp3) is 0.714. The van der Waals surface area contributed by atoms with Crippen LogP contribution in [0.4, 0.5) is 5.69 Å². The summed E-state index contributed by atoms with van der Waals surface area (Å²) in [6.45, 7) is 5.00. The van der Waals surface area contributed by atoms with Gasteiger partial charge >= 0.3 is 0 Å². The number of hydrogen-bond donors (Lipinski definition) is 2. The van der Waals surface area contributed by atoms with E-state index in [0.29, 0.717) is 18.5 Å². The highest BCUT2D eigenvalue weighted by atomic mass is 32.2. The van der Waals surface area contributed by atoms with Crippen LogP contribution in [0.1, 0.15) is 114 Å². The lowest BCUT2D eigenvalue weighted by atomic mass is 10.0. The second-order valence-electron chi connectivity index (χ2n) is 8.93. The van der Waals surface area contributed by atoms with Gasteiger partial charge in [0.1, 0.15) is 0 Å². The van der Waals surface area contributed by atoms with Gasteiger partial charge in [-0.2, -0.15) is 11.8 Å². The van der Waals surface area contributed by atoms with Crippen molar-refractivity contribution in [1.82, 2.24) is 5.32 Å². The van der Waals surface area contributed by atoms with Gasteiger partial charge in [-0.1, -0.05) is 90.9 Å². The topological polar surface area (TPSA) is 58.2 Å². The van der Waals surface area contributed by atoms with Gasteiger partial charge in [0, 0.05) is 29.2 Å². The third kappa shape index (κ3) is 15.0. The molecule has 4 nitrogen and oxygen atoms in total. The van der Waals surface area contributed by atoms with E-state index in [2.05, 4.69) is 24.5 Å². The molecule has 0 aliphatic carbocycles. The summed E-state index contributed by atoms with van der Waals surface area (Å²) in [6.07, 6.45) is 19.5. The van der Waals surface area contributed by atoms with Gasteiger partial charge in [0.25, 0.3) is 5.91 Å². The number of benzene rings is 1. The quantitative estimate of drug-likeness (QED) is 0.129. The highest BCUT2D eigenvalue weighted by molar-refractivity contribution is 7.99. The van der Waals surface area contributed by atoms with E-state index in [4.69, 9.17) is 0 Å². The lowest BCUT2D eigenvalue weighted by molar-refractivity contribution is -0.116. The van der Waals surface area contributed by atoms with Crippen LogP contribution in [-0.4, -0.2) is 36.1 Å². The molecule has 0 aliphatic rings. The summed E-state index contributed by atoms with van der Waals surface area (Å²) in [5, 5.41) is 5.99. The highest BCUT2D eigenvalue weighted by Gasteiger charge is 2.12. The fourth-order valence-corrected chi connectivity index (χ4v) is 4.98. The third-order valence-corrected chi connectivity index (χ3v) is 7.48. The highest BCUT2D eigenvalue weighted by Crippen LogP contribution is 2.28. The zero-order chi connectivity index (χ0) is 24.9. The van der Waals surface area contributed by atoms with E-state index < -0.39 is 0 Å². The average molecular weight is 509 g/mol. The zero-order valence-corrected chi connectivity index (χ0v) is 23.5. The number of rotatable bonds is 21. The molecular weight excluding hydrogens is 460 g/mol. The first kappa shape index (κ1) is 30.9. The first-order chi connectivity index (χ1) is 16.6. The Balaban J connectivity index is 2.26. The van der Waals surface area contributed by atoms with Crippen LogP contribution < -0.4 is 10.6 Å². The van der Waals surface area contributed by atoms with Gasteiger partial charge in [-0.15, -0.1) is 11.8 Å². The molecule has 0 radical (unpaired) electrons. The SMILES string of the molecule is CCCCCCCCCCCCCCCC(=O)Nc1cc(C(=O)NCCSC)ccc1SCC. The molecular formula is C28H48N2O2S2. The maximum Gasteiger partial charge on any atom is 0.251 e. The number of anilines is 1. The van der Waals surface area contributed by atoms with Crippen LogP contribution in [-0.2, 0) is 4.79 Å². The van der Waals surface area contributed by atoms with Gasteiger partial charge in [-0.25, -0.2) is 0 Å². The van der Waals surface area contributed by atoms with Gasteiger partial charge in [-0.05, 0) is 36.6 Å². The number of thioether (sulfide) groups is 2. The van der Waals surface area contributed by atoms with Crippen LogP contribution in [0.15, 0.2) is 23.1 Å². The van der Waals surface area contributed by atoms with Crippen molar-refractivity contribution in [2.75, 3.05) is 29.6 Å². The second-order valence-corrected chi connectivity index (χ2v) is 11.2. The van der Waals surface area contributed by atoms with Crippen LogP contribution in [0.3, 0.4) is 0 Å². The largest absolute Gasteiger partial charge is 0.351 e. The normalized spacial score (nSPS) is 10.9. The van der Waals surface area contributed by atoms with Gasteiger partial charge in [-0.3, -0.25) is 9.59 Å². The Bertz CT molecular complexity index is 682. The molecule has 1 aromatic rings. The predicted molar refractivity (Wildman–Crippen MR) is 152 cm³/mol. The Morgan fingerprint density at radius 1 is 0.824 bits per heavy atom. The van der Waals surface area contributed by atoms with E-state index in [-0.39, 0.29) is 11.8 Å². The van der Waals surface area contributed by atoms with E-state index in [0.717, 1.165) is 34.9 Å². The number of carbonyl (C=O) groups excluding carboxylic acids is 2. The summed E-state index contributed by atoms with van der Waals surface area (Å²) in [5.74, 6) is 1.76. The van der Waals surface area contributed by atoms with Crippen molar-refractivity contribution in [3.05, 3.63) is 23.8 Å². The maximum absolute atomic E-state index is 12.5. The first-order valence-corrected chi connectivity index (χ1v) is 15.8. The molecule has 0 bridgehead atoms. The Hall–Kier alpha value is -1.14. The lowest BCUT2D eigenvalue weighted by Gasteiger charge is -2.13. The molecule has 1 aromatic carbocycles. The van der Waals surface area contributed by atoms with Crippen molar-refractivity contribution < 1.29 is 9.59 Å². The van der Waals surface area contributed by atoms with Crippen LogP contribution in [0.25, 0.3) is 0 Å². The summed E-state index contributed by atoms with van der Waals surface area (Å²) < 4.78 is 0. The van der Waals surface area contributed by atoms with Crippen molar-refractivity contribution >= 4 is 41.0 Å². The molecule has 0 aromatic heterocycles. The lowest BCUT2D eigenvalue weighted by Crippen LogP contribution is -2.25. The predicted octanol–water partition coefficient (Wildman–Crippen LogP) is 8.31. The van der Waals surface area contributed by atoms with Crippen LogP contribution in [0.5, 0.6) is 0 Å². The summed E-state index contributed by atoms with van der Waals surface area (Å²) >= 11 is 3.39. The molecule has 0 unspecified atom stereocenters. The van der Waals surface area contributed by atoms with Crippen molar-refractivity contribution in [3.63, 3.8) is 0 Å². The number of amides is 2. The summed E-state index contributed by atoms with van der Waals surface area (Å²) in [6, 6.07) is 5.60. The fourth-order valence-electron chi connectivity index (χ4n) is 3.93. The molecule has 0 saturated heterocycles. The Morgan fingerprint density at radius 3 is 1.97 bits per heavy atom. The molecule has 194 valence electrons. The van der Waals surface area contributed by atoms with Crippen molar-refractivity contribution in [2.45, 2.75) is 109 Å². The van der Waals surface area contributed by atoms with Crippen molar-refractivity contribution in [2.24, 2.45) is 0 Å². The van der Waals surface area contributed by atoms with E-state index >= 15 is 0 Å². The van der Waals surface area contributed by atoms with Crippen LogP contribution >= 0.6 is 23.5 Å².